The van der Waals surface area contributed by atoms with Gasteiger partial charge in [0.05, 0.1) is 19.2 Å². The van der Waals surface area contributed by atoms with Crippen LogP contribution in [0.5, 0.6) is 0 Å². The number of hydrogen-bond donors (Lipinski definition) is 2. The second kappa shape index (κ2) is 7.53. The molecule has 1 aromatic rings. The lowest BCUT2D eigenvalue weighted by Crippen LogP contribution is -2.41. The molecule has 1 atom stereocenters. The number of nitrogens with one attached hydrogen (secondary N) is 2. The van der Waals surface area contributed by atoms with Gasteiger partial charge in [0.2, 0.25) is 5.91 Å². The van der Waals surface area contributed by atoms with Crippen LogP contribution in [0.1, 0.15) is 19.4 Å². The van der Waals surface area contributed by atoms with E-state index in [1.54, 1.807) is 13.8 Å². The Morgan fingerprint density at radius 1 is 1.26 bits per heavy atom. The molecule has 0 aromatic heterocycles. The second-order valence-electron chi connectivity index (χ2n) is 4.26. The summed E-state index contributed by atoms with van der Waals surface area (Å²) in [7, 11) is 0. The molecule has 5 nitrogen and oxygen atoms in total. The van der Waals surface area contributed by atoms with Gasteiger partial charge in [-0.15, -0.1) is 0 Å². The number of ether oxygens (including phenoxy) is 1. The Hall–Kier alpha value is -1.88. The van der Waals surface area contributed by atoms with E-state index in [4.69, 9.17) is 4.74 Å². The van der Waals surface area contributed by atoms with Crippen molar-refractivity contribution < 1.29 is 14.3 Å². The van der Waals surface area contributed by atoms with Gasteiger partial charge in [0.1, 0.15) is 0 Å². The van der Waals surface area contributed by atoms with Crippen LogP contribution in [0.25, 0.3) is 0 Å². The van der Waals surface area contributed by atoms with E-state index in [2.05, 4.69) is 10.6 Å². The van der Waals surface area contributed by atoms with Crippen molar-refractivity contribution in [3.05, 3.63) is 29.8 Å². The molecule has 0 saturated heterocycles. The highest BCUT2D eigenvalue weighted by molar-refractivity contribution is 5.94. The third kappa shape index (κ3) is 5.52. The maximum atomic E-state index is 11.8. The Labute approximate surface area is 113 Å². The van der Waals surface area contributed by atoms with Crippen LogP contribution >= 0.6 is 0 Å². The zero-order valence-electron chi connectivity index (χ0n) is 11.5. The van der Waals surface area contributed by atoms with Crippen LogP contribution in [0.4, 0.5) is 5.69 Å². The summed E-state index contributed by atoms with van der Waals surface area (Å²) in [5, 5.41) is 5.58. The zero-order valence-corrected chi connectivity index (χ0v) is 11.5. The molecule has 104 valence electrons. The van der Waals surface area contributed by atoms with Crippen LogP contribution in [0.3, 0.4) is 0 Å². The monoisotopic (exact) mass is 264 g/mol. The molecule has 0 fully saturated rings. The topological polar surface area (TPSA) is 67.4 Å². The van der Waals surface area contributed by atoms with Crippen LogP contribution in [0, 0.1) is 6.92 Å². The standard InChI is InChI=1S/C14H20N2O3/c1-4-19-13(17)9-15-11(3)14(18)16-12-7-5-10(2)6-8-12/h5-8,11,15H,4,9H2,1-3H3,(H,16,18). The van der Waals surface area contributed by atoms with E-state index in [1.165, 1.54) is 0 Å². The number of anilines is 1. The molecule has 5 heteroatoms. The Morgan fingerprint density at radius 3 is 2.47 bits per heavy atom. The molecular formula is C14H20N2O3. The first kappa shape index (κ1) is 15.2. The van der Waals surface area contributed by atoms with E-state index in [0.29, 0.717) is 6.61 Å². The number of esters is 1. The van der Waals surface area contributed by atoms with Gasteiger partial charge in [-0.2, -0.15) is 0 Å². The van der Waals surface area contributed by atoms with Gasteiger partial charge in [-0.25, -0.2) is 0 Å². The third-order valence-corrected chi connectivity index (χ3v) is 2.57. The molecule has 2 N–H and O–H groups in total. The first-order valence-corrected chi connectivity index (χ1v) is 6.29. The summed E-state index contributed by atoms with van der Waals surface area (Å²) < 4.78 is 4.77. The Kier molecular flexibility index (Phi) is 6.02. The molecule has 19 heavy (non-hydrogen) atoms. The summed E-state index contributed by atoms with van der Waals surface area (Å²) in [4.78, 5) is 23.0. The van der Waals surface area contributed by atoms with Crippen molar-refractivity contribution in [3.8, 4) is 0 Å². The van der Waals surface area contributed by atoms with Gasteiger partial charge in [-0.3, -0.25) is 14.9 Å². The van der Waals surface area contributed by atoms with Crippen molar-refractivity contribution in [2.45, 2.75) is 26.8 Å². The molecule has 1 unspecified atom stereocenters. The number of amides is 1. The van der Waals surface area contributed by atoms with Crippen molar-refractivity contribution in [2.75, 3.05) is 18.5 Å². The lowest BCUT2D eigenvalue weighted by atomic mass is 10.2. The van der Waals surface area contributed by atoms with Gasteiger partial charge in [0.15, 0.2) is 0 Å². The minimum Gasteiger partial charge on any atom is -0.465 e. The smallest absolute Gasteiger partial charge is 0.319 e. The largest absolute Gasteiger partial charge is 0.465 e. The number of hydrogen-bond acceptors (Lipinski definition) is 4. The van der Waals surface area contributed by atoms with E-state index >= 15 is 0 Å². The fourth-order valence-corrected chi connectivity index (χ4v) is 1.43. The van der Waals surface area contributed by atoms with Crippen molar-refractivity contribution >= 4 is 17.6 Å². The Morgan fingerprint density at radius 2 is 1.89 bits per heavy atom. The number of rotatable bonds is 6. The van der Waals surface area contributed by atoms with E-state index in [0.717, 1.165) is 11.3 Å². The summed E-state index contributed by atoms with van der Waals surface area (Å²) in [6.45, 7) is 5.78. The average Bonchev–Trinajstić information content (AvgIpc) is 2.39. The highest BCUT2D eigenvalue weighted by Crippen LogP contribution is 2.08. The van der Waals surface area contributed by atoms with E-state index in [9.17, 15) is 9.59 Å². The summed E-state index contributed by atoms with van der Waals surface area (Å²) >= 11 is 0. The van der Waals surface area contributed by atoms with Crippen LogP contribution in [0.15, 0.2) is 24.3 Å². The first-order chi connectivity index (χ1) is 9.02. The predicted molar refractivity (Wildman–Crippen MR) is 73.9 cm³/mol. The molecule has 0 heterocycles. The van der Waals surface area contributed by atoms with Gasteiger partial charge < -0.3 is 10.1 Å². The zero-order chi connectivity index (χ0) is 14.3. The molecule has 0 radical (unpaired) electrons. The third-order valence-electron chi connectivity index (χ3n) is 2.57. The van der Waals surface area contributed by atoms with Crippen LogP contribution in [0.2, 0.25) is 0 Å². The number of aryl methyl sites for hydroxylation is 1. The van der Waals surface area contributed by atoms with Crippen LogP contribution < -0.4 is 10.6 Å². The van der Waals surface area contributed by atoms with Gasteiger partial charge in [0.25, 0.3) is 0 Å². The lowest BCUT2D eigenvalue weighted by Gasteiger charge is -2.13. The van der Waals surface area contributed by atoms with E-state index in [1.807, 2.05) is 31.2 Å². The Balaban J connectivity index is 2.40. The van der Waals surface area contributed by atoms with Gasteiger partial charge in [-0.05, 0) is 32.9 Å². The van der Waals surface area contributed by atoms with Crippen molar-refractivity contribution in [1.29, 1.82) is 0 Å². The molecule has 0 saturated carbocycles. The summed E-state index contributed by atoms with van der Waals surface area (Å²) in [6.07, 6.45) is 0. The molecule has 0 aliphatic carbocycles. The minimum atomic E-state index is -0.467. The molecular weight excluding hydrogens is 244 g/mol. The van der Waals surface area contributed by atoms with Crippen molar-refractivity contribution in [3.63, 3.8) is 0 Å². The second-order valence-corrected chi connectivity index (χ2v) is 4.26. The molecule has 0 aliphatic heterocycles. The number of carbonyl (C=O) groups excluding carboxylic acids is 2. The summed E-state index contributed by atoms with van der Waals surface area (Å²) in [5.74, 6) is -0.550. The fourth-order valence-electron chi connectivity index (χ4n) is 1.43. The molecule has 1 amide bonds. The molecule has 0 spiro atoms. The van der Waals surface area contributed by atoms with Gasteiger partial charge in [-0.1, -0.05) is 17.7 Å². The van der Waals surface area contributed by atoms with Crippen molar-refractivity contribution in [2.24, 2.45) is 0 Å². The van der Waals surface area contributed by atoms with Crippen LogP contribution in [-0.4, -0.2) is 31.1 Å². The summed E-state index contributed by atoms with van der Waals surface area (Å²) in [6, 6.07) is 7.06. The van der Waals surface area contributed by atoms with Gasteiger partial charge >= 0.3 is 5.97 Å². The molecule has 1 aromatic carbocycles. The fraction of sp³-hybridized carbons (Fsp3) is 0.429. The normalized spacial score (nSPS) is 11.7. The number of carbonyl (C=O) groups is 2. The maximum absolute atomic E-state index is 11.8. The highest BCUT2D eigenvalue weighted by atomic mass is 16.5. The van der Waals surface area contributed by atoms with Gasteiger partial charge in [0, 0.05) is 5.69 Å². The predicted octanol–water partition coefficient (Wildman–Crippen LogP) is 1.47. The Bertz CT molecular complexity index is 429. The van der Waals surface area contributed by atoms with Crippen LogP contribution in [-0.2, 0) is 14.3 Å². The maximum Gasteiger partial charge on any atom is 0.319 e. The van der Waals surface area contributed by atoms with E-state index < -0.39 is 6.04 Å². The van der Waals surface area contributed by atoms with Crippen molar-refractivity contribution in [1.82, 2.24) is 5.32 Å². The highest BCUT2D eigenvalue weighted by Gasteiger charge is 2.14. The lowest BCUT2D eigenvalue weighted by molar-refractivity contribution is -0.142. The molecule has 1 rings (SSSR count). The molecule has 0 bridgehead atoms. The average molecular weight is 264 g/mol. The van der Waals surface area contributed by atoms with E-state index in [-0.39, 0.29) is 18.4 Å². The number of benzene rings is 1. The SMILES string of the molecule is CCOC(=O)CNC(C)C(=O)Nc1ccc(C)cc1. The molecule has 0 aliphatic rings. The first-order valence-electron chi connectivity index (χ1n) is 6.29. The quantitative estimate of drug-likeness (QED) is 0.764. The minimum absolute atomic E-state index is 0.0241. The summed E-state index contributed by atoms with van der Waals surface area (Å²) in [5.41, 5.74) is 1.87.